The van der Waals surface area contributed by atoms with Gasteiger partial charge in [0.2, 0.25) is 0 Å². The molecule has 0 aromatic carbocycles. The maximum Gasteiger partial charge on any atom is 0.317 e. The minimum atomic E-state index is -0.802. The van der Waals surface area contributed by atoms with Gasteiger partial charge in [-0.2, -0.15) is 0 Å². The number of carbonyl (C=O) groups is 2. The molecule has 102 valence electrons. The van der Waals surface area contributed by atoms with Crippen molar-refractivity contribution < 1.29 is 14.7 Å². The van der Waals surface area contributed by atoms with Crippen molar-refractivity contribution in [3.05, 3.63) is 0 Å². The molecule has 1 saturated carbocycles. The fraction of sp³-hybridized carbons (Fsp3) is 0.846. The van der Waals surface area contributed by atoms with Crippen molar-refractivity contribution in [1.29, 1.82) is 0 Å². The number of hydrogen-bond acceptors (Lipinski definition) is 2. The molecule has 5 nitrogen and oxygen atoms in total. The highest BCUT2D eigenvalue weighted by atomic mass is 16.4. The Morgan fingerprint density at radius 2 is 2.06 bits per heavy atom. The lowest BCUT2D eigenvalue weighted by Crippen LogP contribution is -2.45. The first-order chi connectivity index (χ1) is 8.41. The largest absolute Gasteiger partial charge is 0.481 e. The Morgan fingerprint density at radius 3 is 2.50 bits per heavy atom. The zero-order chi connectivity index (χ0) is 13.3. The van der Waals surface area contributed by atoms with Crippen LogP contribution < -0.4 is 5.32 Å². The van der Waals surface area contributed by atoms with Gasteiger partial charge in [0.1, 0.15) is 0 Å². The molecule has 1 heterocycles. The van der Waals surface area contributed by atoms with Gasteiger partial charge >= 0.3 is 12.0 Å². The molecule has 2 atom stereocenters. The summed E-state index contributed by atoms with van der Waals surface area (Å²) in [5.74, 6) is -1.19. The van der Waals surface area contributed by atoms with Crippen LogP contribution in [-0.2, 0) is 4.79 Å². The number of carboxylic acids is 1. The first-order valence-corrected chi connectivity index (χ1v) is 6.67. The third kappa shape index (κ3) is 2.60. The Morgan fingerprint density at radius 1 is 1.39 bits per heavy atom. The highest BCUT2D eigenvalue weighted by molar-refractivity contribution is 5.77. The monoisotopic (exact) mass is 254 g/mol. The number of likely N-dealkylation sites (tertiary alicyclic amines) is 1. The van der Waals surface area contributed by atoms with Gasteiger partial charge in [0, 0.05) is 19.6 Å². The summed E-state index contributed by atoms with van der Waals surface area (Å²) in [6, 6.07) is -0.112. The number of rotatable bonds is 3. The Labute approximate surface area is 108 Å². The molecule has 0 bridgehead atoms. The zero-order valence-corrected chi connectivity index (χ0v) is 11.1. The molecule has 0 spiro atoms. The maximum atomic E-state index is 12.0. The van der Waals surface area contributed by atoms with Gasteiger partial charge in [0.25, 0.3) is 0 Å². The van der Waals surface area contributed by atoms with Crippen molar-refractivity contribution in [2.75, 3.05) is 19.6 Å². The molecule has 0 unspecified atom stereocenters. The second-order valence-electron chi connectivity index (χ2n) is 6.15. The number of carbonyl (C=O) groups excluding carboxylic acids is 1. The van der Waals surface area contributed by atoms with E-state index in [1.165, 1.54) is 19.3 Å². The second-order valence-corrected chi connectivity index (χ2v) is 6.15. The van der Waals surface area contributed by atoms with Gasteiger partial charge in [0.05, 0.1) is 5.92 Å². The zero-order valence-electron chi connectivity index (χ0n) is 11.1. The molecule has 2 fully saturated rings. The van der Waals surface area contributed by atoms with Gasteiger partial charge in [-0.25, -0.2) is 4.79 Å². The minimum absolute atomic E-state index is 0.0348. The second kappa shape index (κ2) is 4.78. The first-order valence-electron chi connectivity index (χ1n) is 6.67. The van der Waals surface area contributed by atoms with Crippen LogP contribution in [0.5, 0.6) is 0 Å². The van der Waals surface area contributed by atoms with Crippen LogP contribution in [0.1, 0.15) is 33.1 Å². The first kappa shape index (κ1) is 13.2. The van der Waals surface area contributed by atoms with Gasteiger partial charge in [-0.05, 0) is 24.2 Å². The maximum absolute atomic E-state index is 12.0. The van der Waals surface area contributed by atoms with Crippen LogP contribution in [0.3, 0.4) is 0 Å². The summed E-state index contributed by atoms with van der Waals surface area (Å²) < 4.78 is 0. The van der Waals surface area contributed by atoms with Gasteiger partial charge in [0.15, 0.2) is 0 Å². The van der Waals surface area contributed by atoms with E-state index in [4.69, 9.17) is 5.11 Å². The standard InChI is InChI=1S/C13H22N2O3/c1-9-6-15(7-10(9)11(16)17)12(18)14-8-13(2)4-3-5-13/h9-10H,3-8H2,1-2H3,(H,14,18)(H,16,17)/t9-,10-/m1/s1. The number of urea groups is 1. The van der Waals surface area contributed by atoms with Crippen LogP contribution in [0.4, 0.5) is 4.79 Å². The van der Waals surface area contributed by atoms with Gasteiger partial charge < -0.3 is 15.3 Å². The topological polar surface area (TPSA) is 69.6 Å². The van der Waals surface area contributed by atoms with Crippen LogP contribution >= 0.6 is 0 Å². The molecule has 2 aliphatic rings. The van der Waals surface area contributed by atoms with Crippen molar-refractivity contribution in [3.8, 4) is 0 Å². The molecular weight excluding hydrogens is 232 g/mol. The fourth-order valence-corrected chi connectivity index (χ4v) is 2.81. The minimum Gasteiger partial charge on any atom is -0.481 e. The number of carboxylic acid groups (broad SMARTS) is 1. The molecule has 1 aliphatic carbocycles. The summed E-state index contributed by atoms with van der Waals surface area (Å²) in [6.45, 7) is 5.65. The molecule has 0 aromatic rings. The average molecular weight is 254 g/mol. The van der Waals surface area contributed by atoms with E-state index in [1.54, 1.807) is 4.90 Å². The smallest absolute Gasteiger partial charge is 0.317 e. The Bertz CT molecular complexity index is 352. The van der Waals surface area contributed by atoms with E-state index in [9.17, 15) is 9.59 Å². The number of aliphatic carboxylic acids is 1. The highest BCUT2D eigenvalue weighted by Gasteiger charge is 2.38. The molecule has 0 aromatic heterocycles. The average Bonchev–Trinajstić information content (AvgIpc) is 2.65. The summed E-state index contributed by atoms with van der Waals surface area (Å²) in [5.41, 5.74) is 0.257. The molecule has 0 radical (unpaired) electrons. The number of nitrogens with zero attached hydrogens (tertiary/aromatic N) is 1. The lowest BCUT2D eigenvalue weighted by molar-refractivity contribution is -0.142. The van der Waals surface area contributed by atoms with E-state index in [2.05, 4.69) is 12.2 Å². The van der Waals surface area contributed by atoms with Crippen molar-refractivity contribution in [2.45, 2.75) is 33.1 Å². The lowest BCUT2D eigenvalue weighted by Gasteiger charge is -2.38. The predicted octanol–water partition coefficient (Wildman–Crippen LogP) is 1.54. The highest BCUT2D eigenvalue weighted by Crippen LogP contribution is 2.39. The summed E-state index contributed by atoms with van der Waals surface area (Å²) in [7, 11) is 0. The molecule has 2 amide bonds. The van der Waals surface area contributed by atoms with E-state index < -0.39 is 11.9 Å². The van der Waals surface area contributed by atoms with E-state index >= 15 is 0 Å². The van der Waals surface area contributed by atoms with Crippen molar-refractivity contribution >= 4 is 12.0 Å². The van der Waals surface area contributed by atoms with E-state index in [0.717, 1.165) is 0 Å². The summed E-state index contributed by atoms with van der Waals surface area (Å²) in [4.78, 5) is 24.6. The SMILES string of the molecule is C[C@@H]1CN(C(=O)NCC2(C)CCC2)C[C@H]1C(=O)O. The van der Waals surface area contributed by atoms with Crippen molar-refractivity contribution in [3.63, 3.8) is 0 Å². The Balaban J connectivity index is 1.81. The van der Waals surface area contributed by atoms with Gasteiger partial charge in [-0.1, -0.05) is 20.3 Å². The molecular formula is C13H22N2O3. The number of nitrogens with one attached hydrogen (secondary N) is 1. The molecule has 1 aliphatic heterocycles. The molecule has 2 rings (SSSR count). The molecule has 1 saturated heterocycles. The van der Waals surface area contributed by atoms with E-state index in [0.29, 0.717) is 19.6 Å². The van der Waals surface area contributed by atoms with Gasteiger partial charge in [-0.3, -0.25) is 4.79 Å². The third-order valence-electron chi connectivity index (χ3n) is 4.44. The van der Waals surface area contributed by atoms with Crippen LogP contribution in [0.15, 0.2) is 0 Å². The molecule has 5 heteroatoms. The Kier molecular flexibility index (Phi) is 3.50. The van der Waals surface area contributed by atoms with Crippen LogP contribution in [0.25, 0.3) is 0 Å². The summed E-state index contributed by atoms with van der Waals surface area (Å²) in [5, 5.41) is 12.0. The van der Waals surface area contributed by atoms with Crippen LogP contribution in [-0.4, -0.2) is 41.6 Å². The Hall–Kier alpha value is -1.26. The van der Waals surface area contributed by atoms with Crippen LogP contribution in [0, 0.1) is 17.3 Å². The van der Waals surface area contributed by atoms with E-state index in [1.807, 2.05) is 6.92 Å². The van der Waals surface area contributed by atoms with Crippen molar-refractivity contribution in [2.24, 2.45) is 17.3 Å². The van der Waals surface area contributed by atoms with Crippen molar-refractivity contribution in [1.82, 2.24) is 10.2 Å². The van der Waals surface area contributed by atoms with Crippen LogP contribution in [0.2, 0.25) is 0 Å². The quantitative estimate of drug-likeness (QED) is 0.802. The summed E-state index contributed by atoms with van der Waals surface area (Å²) in [6.07, 6.45) is 3.58. The normalized spacial score (nSPS) is 29.8. The fourth-order valence-electron chi connectivity index (χ4n) is 2.81. The number of amides is 2. The van der Waals surface area contributed by atoms with E-state index in [-0.39, 0.29) is 17.4 Å². The predicted molar refractivity (Wildman–Crippen MR) is 67.2 cm³/mol. The van der Waals surface area contributed by atoms with Gasteiger partial charge in [-0.15, -0.1) is 0 Å². The lowest BCUT2D eigenvalue weighted by atomic mass is 9.70. The summed E-state index contributed by atoms with van der Waals surface area (Å²) >= 11 is 0. The molecule has 18 heavy (non-hydrogen) atoms. The third-order valence-corrected chi connectivity index (χ3v) is 4.44. The number of hydrogen-bond donors (Lipinski definition) is 2. The molecule has 2 N–H and O–H groups in total.